The van der Waals surface area contributed by atoms with Crippen LogP contribution in [0, 0.1) is 12.3 Å². The van der Waals surface area contributed by atoms with Crippen molar-refractivity contribution < 1.29 is 4.79 Å². The van der Waals surface area contributed by atoms with E-state index in [2.05, 4.69) is 26.9 Å². The minimum absolute atomic E-state index is 0. The van der Waals surface area contributed by atoms with Crippen molar-refractivity contribution in [3.63, 3.8) is 0 Å². The van der Waals surface area contributed by atoms with Crippen LogP contribution in [0.1, 0.15) is 11.1 Å². The number of halogens is 2. The summed E-state index contributed by atoms with van der Waals surface area (Å²) in [5.74, 6) is 2.87. The lowest BCUT2D eigenvalue weighted by atomic mass is 10.2. The maximum Gasteiger partial charge on any atom is 0.243 e. The predicted molar refractivity (Wildman–Crippen MR) is 118 cm³/mol. The Hall–Kier alpha value is -2.24. The van der Waals surface area contributed by atoms with E-state index in [0.717, 1.165) is 5.56 Å². The van der Waals surface area contributed by atoms with Crippen molar-refractivity contribution in [1.82, 2.24) is 10.6 Å². The van der Waals surface area contributed by atoms with Crippen molar-refractivity contribution in [2.75, 3.05) is 18.9 Å². The van der Waals surface area contributed by atoms with Gasteiger partial charge in [-0.1, -0.05) is 35.7 Å². The van der Waals surface area contributed by atoms with E-state index in [1.54, 1.807) is 31.3 Å². The molecule has 0 bridgehead atoms. The third-order valence-corrected chi connectivity index (χ3v) is 3.58. The van der Waals surface area contributed by atoms with Crippen molar-refractivity contribution in [3.05, 3.63) is 64.7 Å². The van der Waals surface area contributed by atoms with Crippen molar-refractivity contribution in [2.24, 2.45) is 4.99 Å². The molecule has 0 radical (unpaired) electrons. The first kappa shape index (κ1) is 21.8. The molecule has 0 saturated carbocycles. The molecule has 0 saturated heterocycles. The minimum Gasteiger partial charge on any atom is -0.352 e. The molecule has 3 N–H and O–H groups in total. The van der Waals surface area contributed by atoms with Crippen LogP contribution in [-0.4, -0.2) is 25.5 Å². The number of carbonyl (C=O) groups is 1. The first-order valence-corrected chi connectivity index (χ1v) is 8.04. The number of nitrogens with zero attached hydrogens (tertiary/aromatic N) is 1. The molecule has 0 fully saturated rings. The fraction of sp³-hybridized carbons (Fsp3) is 0.158. The molecule has 2 aromatic rings. The third-order valence-electron chi connectivity index (χ3n) is 3.33. The van der Waals surface area contributed by atoms with E-state index in [1.807, 2.05) is 24.3 Å². The normalized spacial score (nSPS) is 10.3. The van der Waals surface area contributed by atoms with Gasteiger partial charge < -0.3 is 16.0 Å². The van der Waals surface area contributed by atoms with E-state index >= 15 is 0 Å². The van der Waals surface area contributed by atoms with Gasteiger partial charge in [-0.3, -0.25) is 9.79 Å². The molecular formula is C19H20ClIN4O. The maximum absolute atomic E-state index is 12.0. The number of anilines is 1. The van der Waals surface area contributed by atoms with Crippen LogP contribution in [0.15, 0.2) is 53.5 Å². The predicted octanol–water partition coefficient (Wildman–Crippen LogP) is 3.24. The molecule has 0 unspecified atom stereocenters. The van der Waals surface area contributed by atoms with Crippen LogP contribution in [-0.2, 0) is 11.3 Å². The van der Waals surface area contributed by atoms with Gasteiger partial charge in [-0.15, -0.1) is 30.4 Å². The zero-order valence-electron chi connectivity index (χ0n) is 14.3. The SMILES string of the molecule is C#Cc1cccc(NC(=O)CNC(=NC)NCc2ccc(Cl)cc2)c1.I. The molecule has 0 spiro atoms. The number of nitrogens with one attached hydrogen (secondary N) is 3. The summed E-state index contributed by atoms with van der Waals surface area (Å²) < 4.78 is 0. The lowest BCUT2D eigenvalue weighted by molar-refractivity contribution is -0.115. The summed E-state index contributed by atoms with van der Waals surface area (Å²) in [5, 5.41) is 9.57. The van der Waals surface area contributed by atoms with Crippen molar-refractivity contribution in [1.29, 1.82) is 0 Å². The molecule has 0 atom stereocenters. The molecule has 0 heterocycles. The van der Waals surface area contributed by atoms with Crippen LogP contribution < -0.4 is 16.0 Å². The number of rotatable bonds is 5. The van der Waals surface area contributed by atoms with Gasteiger partial charge in [0, 0.05) is 29.9 Å². The second kappa shape index (κ2) is 11.4. The van der Waals surface area contributed by atoms with E-state index in [4.69, 9.17) is 18.0 Å². The number of benzene rings is 2. The van der Waals surface area contributed by atoms with Gasteiger partial charge in [0.25, 0.3) is 0 Å². The Balaban J connectivity index is 0.00000338. The Morgan fingerprint density at radius 2 is 1.92 bits per heavy atom. The van der Waals surface area contributed by atoms with Gasteiger partial charge in [-0.05, 0) is 35.9 Å². The number of hydrogen-bond acceptors (Lipinski definition) is 2. The summed E-state index contributed by atoms with van der Waals surface area (Å²) in [7, 11) is 1.64. The van der Waals surface area contributed by atoms with E-state index in [0.29, 0.717) is 28.8 Å². The van der Waals surface area contributed by atoms with E-state index < -0.39 is 0 Å². The highest BCUT2D eigenvalue weighted by Crippen LogP contribution is 2.10. The summed E-state index contributed by atoms with van der Waals surface area (Å²) in [4.78, 5) is 16.1. The van der Waals surface area contributed by atoms with Crippen LogP contribution in [0.25, 0.3) is 0 Å². The molecule has 136 valence electrons. The second-order valence-corrected chi connectivity index (χ2v) is 5.62. The number of aliphatic imine (C=N–C) groups is 1. The highest BCUT2D eigenvalue weighted by Gasteiger charge is 2.05. The average Bonchev–Trinajstić information content (AvgIpc) is 2.63. The van der Waals surface area contributed by atoms with Gasteiger partial charge in [-0.25, -0.2) is 0 Å². The molecule has 0 aliphatic carbocycles. The van der Waals surface area contributed by atoms with Crippen LogP contribution >= 0.6 is 35.6 Å². The molecule has 0 aliphatic heterocycles. The Kier molecular flexibility index (Phi) is 9.55. The average molecular weight is 483 g/mol. The van der Waals surface area contributed by atoms with Crippen LogP contribution in [0.3, 0.4) is 0 Å². The molecule has 2 aromatic carbocycles. The fourth-order valence-corrected chi connectivity index (χ4v) is 2.19. The van der Waals surface area contributed by atoms with Crippen LogP contribution in [0.4, 0.5) is 5.69 Å². The first-order valence-electron chi connectivity index (χ1n) is 7.66. The summed E-state index contributed by atoms with van der Waals surface area (Å²) in [6, 6.07) is 14.6. The van der Waals surface area contributed by atoms with E-state index in [1.165, 1.54) is 0 Å². The van der Waals surface area contributed by atoms with E-state index in [-0.39, 0.29) is 36.4 Å². The van der Waals surface area contributed by atoms with Gasteiger partial charge in [0.15, 0.2) is 5.96 Å². The van der Waals surface area contributed by atoms with E-state index in [9.17, 15) is 4.79 Å². The molecule has 2 rings (SSSR count). The van der Waals surface area contributed by atoms with Crippen LogP contribution in [0.5, 0.6) is 0 Å². The number of terminal acetylenes is 1. The number of guanidine groups is 1. The summed E-state index contributed by atoms with van der Waals surface area (Å²) >= 11 is 5.86. The number of amides is 1. The van der Waals surface area contributed by atoms with Gasteiger partial charge >= 0.3 is 0 Å². The largest absolute Gasteiger partial charge is 0.352 e. The van der Waals surface area contributed by atoms with Gasteiger partial charge in [-0.2, -0.15) is 0 Å². The maximum atomic E-state index is 12.0. The van der Waals surface area contributed by atoms with Gasteiger partial charge in [0.2, 0.25) is 5.91 Å². The van der Waals surface area contributed by atoms with Gasteiger partial charge in [0.05, 0.1) is 6.54 Å². The third kappa shape index (κ3) is 7.33. The summed E-state index contributed by atoms with van der Waals surface area (Å²) in [5.41, 5.74) is 2.43. The molecule has 0 aromatic heterocycles. The quantitative estimate of drug-likeness (QED) is 0.265. The smallest absolute Gasteiger partial charge is 0.243 e. The zero-order valence-corrected chi connectivity index (χ0v) is 17.3. The lowest BCUT2D eigenvalue weighted by Gasteiger charge is -2.12. The highest BCUT2D eigenvalue weighted by atomic mass is 127. The first-order chi connectivity index (χ1) is 12.1. The van der Waals surface area contributed by atoms with Crippen molar-refractivity contribution in [2.45, 2.75) is 6.54 Å². The molecule has 0 aliphatic rings. The van der Waals surface area contributed by atoms with Crippen molar-refractivity contribution in [3.8, 4) is 12.3 Å². The highest BCUT2D eigenvalue weighted by molar-refractivity contribution is 14.0. The zero-order chi connectivity index (χ0) is 18.1. The number of carbonyl (C=O) groups excluding carboxylic acids is 1. The Labute approximate surface area is 175 Å². The second-order valence-electron chi connectivity index (χ2n) is 5.18. The topological polar surface area (TPSA) is 65.5 Å². The lowest BCUT2D eigenvalue weighted by Crippen LogP contribution is -2.41. The standard InChI is InChI=1S/C19H19ClN4O.HI/c1-3-14-5-4-6-17(11-14)24-18(25)13-23-19(21-2)22-12-15-7-9-16(20)10-8-15;/h1,4-11H,12-13H2,2H3,(H,24,25)(H2,21,22,23);1H. The fourth-order valence-electron chi connectivity index (χ4n) is 2.06. The van der Waals surface area contributed by atoms with Crippen molar-refractivity contribution >= 4 is 53.1 Å². The molecular weight excluding hydrogens is 463 g/mol. The summed E-state index contributed by atoms with van der Waals surface area (Å²) in [6.07, 6.45) is 5.35. The Bertz CT molecular complexity index is 800. The monoisotopic (exact) mass is 482 g/mol. The minimum atomic E-state index is -0.191. The van der Waals surface area contributed by atoms with Gasteiger partial charge in [0.1, 0.15) is 0 Å². The summed E-state index contributed by atoms with van der Waals surface area (Å²) in [6.45, 7) is 0.656. The Morgan fingerprint density at radius 1 is 1.19 bits per heavy atom. The number of hydrogen-bond donors (Lipinski definition) is 3. The molecule has 5 nitrogen and oxygen atoms in total. The molecule has 26 heavy (non-hydrogen) atoms. The van der Waals surface area contributed by atoms with Crippen LogP contribution in [0.2, 0.25) is 5.02 Å². The Morgan fingerprint density at radius 3 is 2.58 bits per heavy atom. The molecule has 1 amide bonds. The molecule has 7 heteroatoms.